The molecule has 148 valence electrons. The first-order valence-electron chi connectivity index (χ1n) is 9.30. The summed E-state index contributed by atoms with van der Waals surface area (Å²) in [5.74, 6) is -1.16. The maximum absolute atomic E-state index is 12.1. The summed E-state index contributed by atoms with van der Waals surface area (Å²) in [7, 11) is 0. The van der Waals surface area contributed by atoms with Crippen LogP contribution in [-0.4, -0.2) is 30.9 Å². The molecule has 0 aromatic heterocycles. The highest BCUT2D eigenvalue weighted by Gasteiger charge is 2.13. The number of aryl methyl sites for hydroxylation is 1. The highest BCUT2D eigenvalue weighted by atomic mass is 16.5. The summed E-state index contributed by atoms with van der Waals surface area (Å²) in [6.07, 6.45) is 0.947. The molecule has 0 radical (unpaired) electrons. The first kappa shape index (κ1) is 21.2. The molecular formula is C22H26N2O4. The lowest BCUT2D eigenvalue weighted by Gasteiger charge is -2.15. The maximum atomic E-state index is 12.1. The zero-order chi connectivity index (χ0) is 20.5. The minimum atomic E-state index is -0.675. The van der Waals surface area contributed by atoms with Gasteiger partial charge in [-0.1, -0.05) is 49.7 Å². The second-order valence-corrected chi connectivity index (χ2v) is 6.66. The number of anilines is 1. The molecule has 2 aromatic carbocycles. The number of carbonyl (C=O) groups is 3. The average Bonchev–Trinajstić information content (AvgIpc) is 2.70. The van der Waals surface area contributed by atoms with Gasteiger partial charge in [-0.05, 0) is 43.0 Å². The number of hydrogen-bond donors (Lipinski definition) is 2. The van der Waals surface area contributed by atoms with Gasteiger partial charge in [-0.2, -0.15) is 0 Å². The zero-order valence-electron chi connectivity index (χ0n) is 16.5. The lowest BCUT2D eigenvalue weighted by molar-refractivity contribution is -0.146. The van der Waals surface area contributed by atoms with E-state index in [9.17, 15) is 14.4 Å². The lowest BCUT2D eigenvalue weighted by Crippen LogP contribution is -2.32. The Morgan fingerprint density at radius 3 is 2.54 bits per heavy atom. The molecule has 0 saturated carbocycles. The summed E-state index contributed by atoms with van der Waals surface area (Å²) < 4.78 is 4.95. The first-order chi connectivity index (χ1) is 13.4. The van der Waals surface area contributed by atoms with E-state index in [0.29, 0.717) is 17.2 Å². The van der Waals surface area contributed by atoms with Gasteiger partial charge in [0.05, 0.1) is 0 Å². The molecule has 28 heavy (non-hydrogen) atoms. The van der Waals surface area contributed by atoms with Crippen molar-refractivity contribution in [2.75, 3.05) is 18.5 Å². The largest absolute Gasteiger partial charge is 0.454 e. The van der Waals surface area contributed by atoms with E-state index in [-0.39, 0.29) is 12.5 Å². The molecular weight excluding hydrogens is 356 g/mol. The van der Waals surface area contributed by atoms with Gasteiger partial charge in [0.1, 0.15) is 6.54 Å². The van der Waals surface area contributed by atoms with Crippen LogP contribution >= 0.6 is 0 Å². The van der Waals surface area contributed by atoms with Crippen molar-refractivity contribution < 1.29 is 19.1 Å². The SMILES string of the molecule is CC[C@@H](C)c1ccccc1NC(=O)COC(=O)CNC(=O)c1cccc(C)c1. The summed E-state index contributed by atoms with van der Waals surface area (Å²) >= 11 is 0. The number of ether oxygens (including phenoxy) is 1. The molecule has 0 fully saturated rings. The highest BCUT2D eigenvalue weighted by molar-refractivity contribution is 5.97. The quantitative estimate of drug-likeness (QED) is 0.685. The molecule has 2 amide bonds. The molecule has 0 heterocycles. The number of nitrogens with one attached hydrogen (secondary N) is 2. The van der Waals surface area contributed by atoms with Crippen LogP contribution < -0.4 is 10.6 Å². The van der Waals surface area contributed by atoms with Crippen molar-refractivity contribution >= 4 is 23.5 Å². The number of amides is 2. The molecule has 6 nitrogen and oxygen atoms in total. The molecule has 2 rings (SSSR count). The molecule has 2 N–H and O–H groups in total. The number of rotatable bonds is 8. The van der Waals surface area contributed by atoms with Crippen molar-refractivity contribution in [2.24, 2.45) is 0 Å². The fourth-order valence-corrected chi connectivity index (χ4v) is 2.68. The fraction of sp³-hybridized carbons (Fsp3) is 0.318. The van der Waals surface area contributed by atoms with Crippen LogP contribution in [0.15, 0.2) is 48.5 Å². The third-order valence-electron chi connectivity index (χ3n) is 4.42. The zero-order valence-corrected chi connectivity index (χ0v) is 16.5. The van der Waals surface area contributed by atoms with Gasteiger partial charge in [0.25, 0.3) is 11.8 Å². The Balaban J connectivity index is 1.80. The Labute approximate surface area is 165 Å². The Kier molecular flexibility index (Phi) is 7.75. The van der Waals surface area contributed by atoms with E-state index in [1.807, 2.05) is 37.3 Å². The van der Waals surface area contributed by atoms with Gasteiger partial charge in [0.2, 0.25) is 0 Å². The van der Waals surface area contributed by atoms with Crippen LogP contribution in [0.4, 0.5) is 5.69 Å². The van der Waals surface area contributed by atoms with Crippen LogP contribution in [0.3, 0.4) is 0 Å². The van der Waals surface area contributed by atoms with Crippen molar-refractivity contribution in [1.82, 2.24) is 5.32 Å². The third-order valence-corrected chi connectivity index (χ3v) is 4.42. The number of benzene rings is 2. The minimum Gasteiger partial charge on any atom is -0.454 e. The maximum Gasteiger partial charge on any atom is 0.325 e. The van der Waals surface area contributed by atoms with Crippen LogP contribution in [0.5, 0.6) is 0 Å². The van der Waals surface area contributed by atoms with E-state index in [1.165, 1.54) is 0 Å². The van der Waals surface area contributed by atoms with E-state index in [4.69, 9.17) is 4.74 Å². The molecule has 0 bridgehead atoms. The predicted molar refractivity (Wildman–Crippen MR) is 108 cm³/mol. The Morgan fingerprint density at radius 2 is 1.82 bits per heavy atom. The van der Waals surface area contributed by atoms with Gasteiger partial charge in [-0.25, -0.2) is 0 Å². The van der Waals surface area contributed by atoms with Gasteiger partial charge in [-0.15, -0.1) is 0 Å². The molecule has 2 aromatic rings. The molecule has 0 saturated heterocycles. The summed E-state index contributed by atoms with van der Waals surface area (Å²) in [6.45, 7) is 5.33. The van der Waals surface area contributed by atoms with E-state index >= 15 is 0 Å². The fourth-order valence-electron chi connectivity index (χ4n) is 2.68. The van der Waals surface area contributed by atoms with Crippen molar-refractivity contribution in [2.45, 2.75) is 33.1 Å². The minimum absolute atomic E-state index is 0.302. The van der Waals surface area contributed by atoms with Gasteiger partial charge >= 0.3 is 5.97 Å². The molecule has 6 heteroatoms. The van der Waals surface area contributed by atoms with Crippen LogP contribution in [0.1, 0.15) is 47.7 Å². The van der Waals surface area contributed by atoms with Crippen LogP contribution in [0.2, 0.25) is 0 Å². The molecule has 0 aliphatic rings. The van der Waals surface area contributed by atoms with E-state index in [1.54, 1.807) is 18.2 Å². The second kappa shape index (κ2) is 10.3. The van der Waals surface area contributed by atoms with Crippen LogP contribution in [0, 0.1) is 6.92 Å². The smallest absolute Gasteiger partial charge is 0.325 e. The lowest BCUT2D eigenvalue weighted by atomic mass is 9.97. The molecule has 0 aliphatic heterocycles. The first-order valence-corrected chi connectivity index (χ1v) is 9.30. The van der Waals surface area contributed by atoms with Gasteiger partial charge in [-0.3, -0.25) is 14.4 Å². The third kappa shape index (κ3) is 6.23. The van der Waals surface area contributed by atoms with Crippen molar-refractivity contribution in [3.63, 3.8) is 0 Å². The normalized spacial score (nSPS) is 11.4. The monoisotopic (exact) mass is 382 g/mol. The second-order valence-electron chi connectivity index (χ2n) is 6.66. The standard InChI is InChI=1S/C22H26N2O4/c1-4-16(3)18-10-5-6-11-19(18)24-20(25)14-28-21(26)13-23-22(27)17-9-7-8-15(2)12-17/h5-12,16H,4,13-14H2,1-3H3,(H,23,27)(H,24,25)/t16-/m1/s1. The van der Waals surface area contributed by atoms with Crippen LogP contribution in [0.25, 0.3) is 0 Å². The van der Waals surface area contributed by atoms with E-state index < -0.39 is 18.5 Å². The Morgan fingerprint density at radius 1 is 1.07 bits per heavy atom. The summed E-state index contributed by atoms with van der Waals surface area (Å²) in [5, 5.41) is 5.26. The molecule has 0 spiro atoms. The topological polar surface area (TPSA) is 84.5 Å². The van der Waals surface area contributed by atoms with Crippen molar-refractivity contribution in [3.05, 3.63) is 65.2 Å². The van der Waals surface area contributed by atoms with Gasteiger partial charge in [0.15, 0.2) is 6.61 Å². The summed E-state index contributed by atoms with van der Waals surface area (Å²) in [6, 6.07) is 14.6. The predicted octanol–water partition coefficient (Wildman–Crippen LogP) is 3.42. The number of hydrogen-bond acceptors (Lipinski definition) is 4. The summed E-state index contributed by atoms with van der Waals surface area (Å²) in [5.41, 5.74) is 3.16. The number of para-hydroxylation sites is 1. The Hall–Kier alpha value is -3.15. The summed E-state index contributed by atoms with van der Waals surface area (Å²) in [4.78, 5) is 35.9. The van der Waals surface area contributed by atoms with E-state index in [0.717, 1.165) is 17.5 Å². The van der Waals surface area contributed by atoms with E-state index in [2.05, 4.69) is 24.5 Å². The molecule has 0 aliphatic carbocycles. The number of esters is 1. The van der Waals surface area contributed by atoms with Gasteiger partial charge < -0.3 is 15.4 Å². The number of carbonyl (C=O) groups excluding carboxylic acids is 3. The van der Waals surface area contributed by atoms with Crippen molar-refractivity contribution in [3.8, 4) is 0 Å². The Bertz CT molecular complexity index is 848. The van der Waals surface area contributed by atoms with Crippen LogP contribution in [-0.2, 0) is 14.3 Å². The highest BCUT2D eigenvalue weighted by Crippen LogP contribution is 2.26. The molecule has 0 unspecified atom stereocenters. The van der Waals surface area contributed by atoms with Gasteiger partial charge in [0, 0.05) is 11.3 Å². The molecule has 1 atom stereocenters. The van der Waals surface area contributed by atoms with Crippen molar-refractivity contribution in [1.29, 1.82) is 0 Å². The average molecular weight is 382 g/mol.